The van der Waals surface area contributed by atoms with Crippen LogP contribution in [-0.4, -0.2) is 19.0 Å². The predicted octanol–water partition coefficient (Wildman–Crippen LogP) is 3.91. The summed E-state index contributed by atoms with van der Waals surface area (Å²) in [5, 5.41) is 8.07. The van der Waals surface area contributed by atoms with Crippen LogP contribution in [0.1, 0.15) is 59.3 Å². The largest absolute Gasteiger partial charge is 0.396 e. The van der Waals surface area contributed by atoms with E-state index in [-0.39, 0.29) is 0 Å². The molecule has 0 heterocycles. The van der Waals surface area contributed by atoms with Crippen molar-refractivity contribution in [3.8, 4) is 0 Å². The molecular weight excluding hydrogens is 171 g/mol. The lowest BCUT2D eigenvalue weighted by Crippen LogP contribution is -1.87. The molecule has 0 amide bonds. The monoisotopic (exact) mass is 199 g/mol. The summed E-state index contributed by atoms with van der Waals surface area (Å²) in [5.74, 6) is 0. The highest BCUT2D eigenvalue weighted by molar-refractivity contribution is 6.35. The summed E-state index contributed by atoms with van der Waals surface area (Å²) in [6, 6.07) is 0. The van der Waals surface area contributed by atoms with Crippen molar-refractivity contribution in [1.29, 1.82) is 0 Å². The van der Waals surface area contributed by atoms with Crippen molar-refractivity contribution >= 4 is 7.28 Å². The van der Waals surface area contributed by atoms with Gasteiger partial charge in [-0.3, -0.25) is 0 Å². The Hall–Kier alpha value is 0.0249. The van der Waals surface area contributed by atoms with Gasteiger partial charge in [-0.15, -0.1) is 0 Å². The first-order valence-electron chi connectivity index (χ1n) is 6.25. The molecule has 0 saturated heterocycles. The second-order valence-electron chi connectivity index (χ2n) is 3.65. The van der Waals surface area contributed by atoms with Gasteiger partial charge in [-0.1, -0.05) is 65.5 Å². The SMILES string of the molecule is CCCCO.CCCC[B]CCCC. The highest BCUT2D eigenvalue weighted by Crippen LogP contribution is 1.99. The van der Waals surface area contributed by atoms with Gasteiger partial charge in [0.1, 0.15) is 7.28 Å². The standard InChI is InChI=1S/C8H18B.C4H10O/c1-3-5-7-9-8-6-4-2;1-2-3-4-5/h3-8H2,1-2H3;5H,2-4H2,1H3. The van der Waals surface area contributed by atoms with Crippen LogP contribution >= 0.6 is 0 Å². The van der Waals surface area contributed by atoms with E-state index in [4.69, 9.17) is 5.11 Å². The van der Waals surface area contributed by atoms with Crippen molar-refractivity contribution in [2.24, 2.45) is 0 Å². The quantitative estimate of drug-likeness (QED) is 0.464. The van der Waals surface area contributed by atoms with Gasteiger partial charge < -0.3 is 5.11 Å². The van der Waals surface area contributed by atoms with E-state index >= 15 is 0 Å². The zero-order valence-electron chi connectivity index (χ0n) is 10.4. The molecule has 0 aliphatic heterocycles. The van der Waals surface area contributed by atoms with E-state index in [1.54, 1.807) is 0 Å². The minimum atomic E-state index is 0.344. The van der Waals surface area contributed by atoms with Crippen LogP contribution in [0.3, 0.4) is 0 Å². The van der Waals surface area contributed by atoms with E-state index in [0.29, 0.717) is 6.61 Å². The highest BCUT2D eigenvalue weighted by Gasteiger charge is 1.88. The Balaban J connectivity index is 0. The van der Waals surface area contributed by atoms with Crippen LogP contribution in [0.25, 0.3) is 0 Å². The minimum absolute atomic E-state index is 0.344. The molecule has 0 aliphatic carbocycles. The molecule has 1 radical (unpaired) electrons. The first-order valence-corrected chi connectivity index (χ1v) is 6.25. The number of hydrogen-bond donors (Lipinski definition) is 1. The van der Waals surface area contributed by atoms with Gasteiger partial charge in [-0.25, -0.2) is 0 Å². The lowest BCUT2D eigenvalue weighted by atomic mass is 9.68. The summed E-state index contributed by atoms with van der Waals surface area (Å²) in [4.78, 5) is 0. The summed E-state index contributed by atoms with van der Waals surface area (Å²) in [6.45, 7) is 6.88. The highest BCUT2D eigenvalue weighted by atomic mass is 16.2. The molecule has 0 aromatic heterocycles. The maximum Gasteiger partial charge on any atom is 0.109 e. The fourth-order valence-corrected chi connectivity index (χ4v) is 0.999. The van der Waals surface area contributed by atoms with Crippen molar-refractivity contribution in [3.05, 3.63) is 0 Å². The number of hydrogen-bond acceptors (Lipinski definition) is 1. The Morgan fingerprint density at radius 3 is 1.43 bits per heavy atom. The molecule has 0 unspecified atom stereocenters. The summed E-state index contributed by atoms with van der Waals surface area (Å²) in [7, 11) is 2.42. The Morgan fingerprint density at radius 2 is 1.21 bits per heavy atom. The third-order valence-corrected chi connectivity index (χ3v) is 2.04. The van der Waals surface area contributed by atoms with Gasteiger partial charge in [0, 0.05) is 6.61 Å². The summed E-state index contributed by atoms with van der Waals surface area (Å²) < 4.78 is 0. The average molecular weight is 199 g/mol. The second-order valence-corrected chi connectivity index (χ2v) is 3.65. The van der Waals surface area contributed by atoms with Gasteiger partial charge in [0.25, 0.3) is 0 Å². The number of rotatable bonds is 8. The molecule has 0 atom stereocenters. The van der Waals surface area contributed by atoms with Gasteiger partial charge in [0.05, 0.1) is 0 Å². The van der Waals surface area contributed by atoms with Crippen LogP contribution in [-0.2, 0) is 0 Å². The third-order valence-electron chi connectivity index (χ3n) is 2.04. The normalized spacial score (nSPS) is 9.14. The predicted molar refractivity (Wildman–Crippen MR) is 67.2 cm³/mol. The number of unbranched alkanes of at least 4 members (excludes halogenated alkanes) is 3. The Bertz CT molecular complexity index is 68.7. The lowest BCUT2D eigenvalue weighted by Gasteiger charge is -1.94. The topological polar surface area (TPSA) is 20.2 Å². The molecule has 0 fully saturated rings. The summed E-state index contributed by atoms with van der Waals surface area (Å²) in [5.41, 5.74) is 0. The van der Waals surface area contributed by atoms with Crippen molar-refractivity contribution in [3.63, 3.8) is 0 Å². The van der Waals surface area contributed by atoms with E-state index < -0.39 is 0 Å². The molecule has 85 valence electrons. The second kappa shape index (κ2) is 18.7. The van der Waals surface area contributed by atoms with Crippen molar-refractivity contribution in [2.75, 3.05) is 6.61 Å². The summed E-state index contributed by atoms with van der Waals surface area (Å²) in [6.07, 6.45) is 10.1. The van der Waals surface area contributed by atoms with Gasteiger partial charge in [0.2, 0.25) is 0 Å². The van der Waals surface area contributed by atoms with E-state index in [1.807, 2.05) is 0 Å². The molecule has 0 bridgehead atoms. The zero-order chi connectivity index (χ0) is 11.1. The van der Waals surface area contributed by atoms with Crippen LogP contribution in [0.5, 0.6) is 0 Å². The maximum absolute atomic E-state index is 8.07. The zero-order valence-corrected chi connectivity index (χ0v) is 10.4. The van der Waals surface area contributed by atoms with Gasteiger partial charge in [-0.2, -0.15) is 0 Å². The number of aliphatic hydroxyl groups excluding tert-OH is 1. The van der Waals surface area contributed by atoms with Crippen LogP contribution in [0.4, 0.5) is 0 Å². The van der Waals surface area contributed by atoms with Crippen molar-refractivity contribution in [1.82, 2.24) is 0 Å². The molecule has 0 rings (SSSR count). The van der Waals surface area contributed by atoms with Gasteiger partial charge in [-0.05, 0) is 6.42 Å². The summed E-state index contributed by atoms with van der Waals surface area (Å²) >= 11 is 0. The van der Waals surface area contributed by atoms with E-state index in [9.17, 15) is 0 Å². The van der Waals surface area contributed by atoms with E-state index in [1.165, 1.54) is 38.3 Å². The Kier molecular flexibility index (Phi) is 22.0. The average Bonchev–Trinajstić information content (AvgIpc) is 2.20. The van der Waals surface area contributed by atoms with Crippen molar-refractivity contribution in [2.45, 2.75) is 71.9 Å². The minimum Gasteiger partial charge on any atom is -0.396 e. The fraction of sp³-hybridized carbons (Fsp3) is 1.00. The van der Waals surface area contributed by atoms with E-state index in [2.05, 4.69) is 28.1 Å². The molecule has 0 aromatic carbocycles. The molecule has 1 nitrogen and oxygen atoms in total. The fourth-order valence-electron chi connectivity index (χ4n) is 0.999. The lowest BCUT2D eigenvalue weighted by molar-refractivity contribution is 0.287. The molecule has 2 heteroatoms. The molecule has 0 aliphatic rings. The van der Waals surface area contributed by atoms with Crippen LogP contribution < -0.4 is 0 Å². The van der Waals surface area contributed by atoms with Crippen LogP contribution in [0.15, 0.2) is 0 Å². The molecule has 1 N–H and O–H groups in total. The first kappa shape index (κ1) is 16.5. The molecule has 0 saturated carbocycles. The van der Waals surface area contributed by atoms with E-state index in [0.717, 1.165) is 12.8 Å². The maximum atomic E-state index is 8.07. The van der Waals surface area contributed by atoms with Gasteiger partial charge >= 0.3 is 0 Å². The third kappa shape index (κ3) is 22.7. The Morgan fingerprint density at radius 1 is 0.786 bits per heavy atom. The van der Waals surface area contributed by atoms with Crippen LogP contribution in [0, 0.1) is 0 Å². The molecule has 0 aromatic rings. The van der Waals surface area contributed by atoms with Crippen LogP contribution in [0.2, 0.25) is 12.6 Å². The Labute approximate surface area is 91.5 Å². The van der Waals surface area contributed by atoms with Crippen molar-refractivity contribution < 1.29 is 5.11 Å². The van der Waals surface area contributed by atoms with Gasteiger partial charge in [0.15, 0.2) is 0 Å². The molecule has 0 spiro atoms. The number of aliphatic hydroxyl groups is 1. The smallest absolute Gasteiger partial charge is 0.109 e. The molecular formula is C12H28BO. The molecule has 14 heavy (non-hydrogen) atoms. The first-order chi connectivity index (χ1) is 6.83.